The van der Waals surface area contributed by atoms with Crippen molar-refractivity contribution in [2.45, 2.75) is 57.2 Å². The van der Waals surface area contributed by atoms with Gasteiger partial charge in [0.2, 0.25) is 5.91 Å². The van der Waals surface area contributed by atoms with Gasteiger partial charge in [-0.2, -0.15) is 0 Å². The fourth-order valence-corrected chi connectivity index (χ4v) is 3.96. The summed E-state index contributed by atoms with van der Waals surface area (Å²) in [7, 11) is 0. The van der Waals surface area contributed by atoms with Gasteiger partial charge in [-0.1, -0.05) is 18.9 Å². The molecule has 1 saturated carbocycles. The molecule has 3 N–H and O–H groups in total. The van der Waals surface area contributed by atoms with Crippen LogP contribution in [-0.4, -0.2) is 58.9 Å². The SMILES string of the molecule is C[C@@H](Cc1ccc(O)c(O)c1)NC(=O)[C@H]1COCCN1C1CCCC1. The van der Waals surface area contributed by atoms with Crippen LogP contribution in [0.2, 0.25) is 0 Å². The first-order valence-electron chi connectivity index (χ1n) is 9.19. The lowest BCUT2D eigenvalue weighted by atomic mass is 10.0. The quantitative estimate of drug-likeness (QED) is 0.707. The molecule has 2 fully saturated rings. The summed E-state index contributed by atoms with van der Waals surface area (Å²) in [5.74, 6) is -0.252. The van der Waals surface area contributed by atoms with Crippen LogP contribution in [-0.2, 0) is 16.0 Å². The molecule has 1 aromatic carbocycles. The number of hydrogen-bond donors (Lipinski definition) is 3. The number of ether oxygens (including phenoxy) is 1. The first kappa shape index (κ1) is 18.0. The Bertz CT molecular complexity index is 601. The number of aromatic hydroxyl groups is 2. The van der Waals surface area contributed by atoms with Gasteiger partial charge in [0.05, 0.1) is 13.2 Å². The van der Waals surface area contributed by atoms with Gasteiger partial charge in [0.25, 0.3) is 0 Å². The second-order valence-electron chi connectivity index (χ2n) is 7.20. The molecule has 1 aliphatic carbocycles. The van der Waals surface area contributed by atoms with Crippen molar-refractivity contribution >= 4 is 5.91 Å². The van der Waals surface area contributed by atoms with Crippen LogP contribution in [0.15, 0.2) is 18.2 Å². The number of morpholine rings is 1. The number of hydrogen-bond acceptors (Lipinski definition) is 5. The van der Waals surface area contributed by atoms with Gasteiger partial charge in [0.1, 0.15) is 6.04 Å². The van der Waals surface area contributed by atoms with E-state index in [1.807, 2.05) is 6.92 Å². The molecule has 0 radical (unpaired) electrons. The third-order valence-electron chi connectivity index (χ3n) is 5.24. The molecule has 6 heteroatoms. The molecule has 2 atom stereocenters. The summed E-state index contributed by atoms with van der Waals surface area (Å²) in [6.07, 6.45) is 5.43. The Kier molecular flexibility index (Phi) is 5.81. The van der Waals surface area contributed by atoms with Crippen LogP contribution in [0.25, 0.3) is 0 Å². The topological polar surface area (TPSA) is 82.0 Å². The van der Waals surface area contributed by atoms with Crippen molar-refractivity contribution in [3.63, 3.8) is 0 Å². The zero-order valence-corrected chi connectivity index (χ0v) is 14.8. The second kappa shape index (κ2) is 8.06. The molecule has 3 rings (SSSR count). The van der Waals surface area contributed by atoms with Crippen molar-refractivity contribution in [2.24, 2.45) is 0 Å². The lowest BCUT2D eigenvalue weighted by Crippen LogP contribution is -2.57. The summed E-state index contributed by atoms with van der Waals surface area (Å²) in [6, 6.07) is 4.98. The van der Waals surface area contributed by atoms with Crippen molar-refractivity contribution in [1.82, 2.24) is 10.2 Å². The third kappa shape index (κ3) is 4.44. The van der Waals surface area contributed by atoms with Crippen molar-refractivity contribution in [1.29, 1.82) is 0 Å². The van der Waals surface area contributed by atoms with E-state index < -0.39 is 0 Å². The molecule has 2 aliphatic rings. The normalized spacial score (nSPS) is 23.5. The molecule has 0 spiro atoms. The summed E-state index contributed by atoms with van der Waals surface area (Å²) in [6.45, 7) is 3.92. The molecule has 1 saturated heterocycles. The Balaban J connectivity index is 1.58. The van der Waals surface area contributed by atoms with E-state index in [0.29, 0.717) is 25.7 Å². The van der Waals surface area contributed by atoms with E-state index in [4.69, 9.17) is 4.74 Å². The van der Waals surface area contributed by atoms with E-state index in [9.17, 15) is 15.0 Å². The van der Waals surface area contributed by atoms with Gasteiger partial charge < -0.3 is 20.3 Å². The van der Waals surface area contributed by atoms with Crippen molar-refractivity contribution in [3.8, 4) is 11.5 Å². The van der Waals surface area contributed by atoms with Crippen LogP contribution in [0, 0.1) is 0 Å². The molecule has 1 aromatic rings. The largest absolute Gasteiger partial charge is 0.504 e. The number of carbonyl (C=O) groups excluding carboxylic acids is 1. The van der Waals surface area contributed by atoms with E-state index in [1.54, 1.807) is 6.07 Å². The summed E-state index contributed by atoms with van der Waals surface area (Å²) in [5, 5.41) is 22.1. The lowest BCUT2D eigenvalue weighted by molar-refractivity contribution is -0.135. The number of carbonyl (C=O) groups is 1. The molecule has 1 aliphatic heterocycles. The van der Waals surface area contributed by atoms with Crippen LogP contribution in [0.4, 0.5) is 0 Å². The molecule has 25 heavy (non-hydrogen) atoms. The van der Waals surface area contributed by atoms with Gasteiger partial charge in [0.15, 0.2) is 11.5 Å². The maximum absolute atomic E-state index is 12.8. The average Bonchev–Trinajstić information content (AvgIpc) is 3.12. The van der Waals surface area contributed by atoms with Crippen LogP contribution >= 0.6 is 0 Å². The van der Waals surface area contributed by atoms with Gasteiger partial charge >= 0.3 is 0 Å². The van der Waals surface area contributed by atoms with Crippen LogP contribution in [0.1, 0.15) is 38.2 Å². The number of nitrogens with zero attached hydrogens (tertiary/aromatic N) is 1. The predicted octanol–water partition coefficient (Wildman–Crippen LogP) is 1.79. The zero-order chi connectivity index (χ0) is 17.8. The number of nitrogens with one attached hydrogen (secondary N) is 1. The zero-order valence-electron chi connectivity index (χ0n) is 14.8. The summed E-state index contributed by atoms with van der Waals surface area (Å²) in [4.78, 5) is 15.1. The Morgan fingerprint density at radius 3 is 2.80 bits per heavy atom. The Labute approximate surface area is 148 Å². The minimum Gasteiger partial charge on any atom is -0.504 e. The fourth-order valence-electron chi connectivity index (χ4n) is 3.96. The molecular weight excluding hydrogens is 320 g/mol. The Hall–Kier alpha value is -1.79. The van der Waals surface area contributed by atoms with Gasteiger partial charge in [0, 0.05) is 18.6 Å². The average molecular weight is 348 g/mol. The number of benzene rings is 1. The van der Waals surface area contributed by atoms with E-state index in [0.717, 1.165) is 12.1 Å². The van der Waals surface area contributed by atoms with Crippen LogP contribution in [0.3, 0.4) is 0 Å². The number of amides is 1. The highest BCUT2D eigenvalue weighted by Gasteiger charge is 2.35. The minimum atomic E-state index is -0.215. The standard InChI is InChI=1S/C19H28N2O4/c1-13(10-14-6-7-17(22)18(23)11-14)20-19(24)16-12-25-9-8-21(16)15-4-2-3-5-15/h6-7,11,13,15-16,22-23H,2-5,8-10,12H2,1H3,(H,20,24)/t13-,16+/m0/s1. The van der Waals surface area contributed by atoms with E-state index in [-0.39, 0.29) is 29.5 Å². The number of rotatable bonds is 5. The summed E-state index contributed by atoms with van der Waals surface area (Å²) in [5.41, 5.74) is 0.871. The Morgan fingerprint density at radius 2 is 2.08 bits per heavy atom. The smallest absolute Gasteiger partial charge is 0.239 e. The monoisotopic (exact) mass is 348 g/mol. The molecule has 1 heterocycles. The van der Waals surface area contributed by atoms with Crippen molar-refractivity contribution in [2.75, 3.05) is 19.8 Å². The molecule has 138 valence electrons. The number of phenols is 2. The van der Waals surface area contributed by atoms with Gasteiger partial charge in [-0.05, 0) is 43.9 Å². The Morgan fingerprint density at radius 1 is 1.32 bits per heavy atom. The predicted molar refractivity (Wildman–Crippen MR) is 94.6 cm³/mol. The fraction of sp³-hybridized carbons (Fsp3) is 0.632. The van der Waals surface area contributed by atoms with E-state index in [1.165, 1.54) is 37.8 Å². The summed E-state index contributed by atoms with van der Waals surface area (Å²) < 4.78 is 5.56. The first-order chi connectivity index (χ1) is 12.0. The summed E-state index contributed by atoms with van der Waals surface area (Å²) >= 11 is 0. The molecule has 6 nitrogen and oxygen atoms in total. The van der Waals surface area contributed by atoms with Crippen LogP contribution < -0.4 is 5.32 Å². The highest BCUT2D eigenvalue weighted by Crippen LogP contribution is 2.27. The first-order valence-corrected chi connectivity index (χ1v) is 9.19. The molecular formula is C19H28N2O4. The maximum atomic E-state index is 12.8. The maximum Gasteiger partial charge on any atom is 0.239 e. The molecule has 0 unspecified atom stereocenters. The van der Waals surface area contributed by atoms with E-state index >= 15 is 0 Å². The van der Waals surface area contributed by atoms with E-state index in [2.05, 4.69) is 10.2 Å². The van der Waals surface area contributed by atoms with Gasteiger partial charge in [-0.15, -0.1) is 0 Å². The lowest BCUT2D eigenvalue weighted by Gasteiger charge is -2.39. The van der Waals surface area contributed by atoms with Crippen molar-refractivity contribution < 1.29 is 19.7 Å². The van der Waals surface area contributed by atoms with Gasteiger partial charge in [-0.3, -0.25) is 9.69 Å². The van der Waals surface area contributed by atoms with Crippen LogP contribution in [0.5, 0.6) is 11.5 Å². The number of phenolic OH excluding ortho intramolecular Hbond substituents is 2. The minimum absolute atomic E-state index is 0.0158. The van der Waals surface area contributed by atoms with Crippen molar-refractivity contribution in [3.05, 3.63) is 23.8 Å². The highest BCUT2D eigenvalue weighted by molar-refractivity contribution is 5.82. The third-order valence-corrected chi connectivity index (χ3v) is 5.24. The second-order valence-corrected chi connectivity index (χ2v) is 7.20. The molecule has 1 amide bonds. The van der Waals surface area contributed by atoms with Gasteiger partial charge in [-0.25, -0.2) is 0 Å². The molecule has 0 bridgehead atoms. The highest BCUT2D eigenvalue weighted by atomic mass is 16.5. The molecule has 0 aromatic heterocycles.